The Kier molecular flexibility index (Phi) is 7.35. The molecule has 0 bridgehead atoms. The van der Waals surface area contributed by atoms with Crippen molar-refractivity contribution in [2.45, 2.75) is 44.4 Å². The zero-order valence-corrected chi connectivity index (χ0v) is 26.6. The number of carbonyl (C=O) groups excluding carboxylic acids is 4. The molecule has 6 atom stereocenters. The minimum Gasteiger partial charge on any atom is -0.507 e. The van der Waals surface area contributed by atoms with E-state index in [0.717, 1.165) is 16.0 Å². The van der Waals surface area contributed by atoms with E-state index in [1.165, 1.54) is 4.90 Å². The SMILES string of the molecule is Cc1cc(C2C3=CCC4C(=O)N(CCC(=O)O)C(=O)C4C3CC3C(=O)N(c4cccc(Cl)c4)C(=O)C32c2ccccc2)cc(C)c1O. The number of phenolic OH excluding ortho intramolecular Hbond substituents is 1. The van der Waals surface area contributed by atoms with E-state index in [4.69, 9.17) is 11.6 Å². The Morgan fingerprint density at radius 1 is 0.915 bits per heavy atom. The van der Waals surface area contributed by atoms with Crippen LogP contribution in [-0.2, 0) is 29.4 Å². The second-order valence-corrected chi connectivity index (χ2v) is 13.5. The van der Waals surface area contributed by atoms with Crippen LogP contribution in [0.2, 0.25) is 5.02 Å². The van der Waals surface area contributed by atoms with Crippen LogP contribution in [0, 0.1) is 37.5 Å². The van der Waals surface area contributed by atoms with E-state index in [1.807, 2.05) is 48.5 Å². The van der Waals surface area contributed by atoms with Gasteiger partial charge in [-0.25, -0.2) is 4.90 Å². The molecule has 4 amide bonds. The summed E-state index contributed by atoms with van der Waals surface area (Å²) in [7, 11) is 0. The van der Waals surface area contributed by atoms with Gasteiger partial charge in [0.2, 0.25) is 23.6 Å². The number of benzene rings is 3. The summed E-state index contributed by atoms with van der Waals surface area (Å²) in [4.78, 5) is 71.1. The summed E-state index contributed by atoms with van der Waals surface area (Å²) in [5, 5.41) is 20.4. The maximum Gasteiger partial charge on any atom is 0.305 e. The van der Waals surface area contributed by atoms with E-state index in [9.17, 15) is 29.4 Å². The number of nitrogens with zero attached hydrogens (tertiary/aromatic N) is 2. The number of allylic oxidation sites excluding steroid dienone is 2. The molecule has 0 radical (unpaired) electrons. The van der Waals surface area contributed by atoms with Crippen molar-refractivity contribution in [2.75, 3.05) is 11.4 Å². The van der Waals surface area contributed by atoms with Gasteiger partial charge in [-0.1, -0.05) is 71.8 Å². The molecule has 3 aromatic rings. The number of carboxylic acids is 1. The van der Waals surface area contributed by atoms with Gasteiger partial charge >= 0.3 is 5.97 Å². The van der Waals surface area contributed by atoms with Crippen LogP contribution in [0.1, 0.15) is 47.4 Å². The van der Waals surface area contributed by atoms with E-state index in [0.29, 0.717) is 27.4 Å². The van der Waals surface area contributed by atoms with Gasteiger partial charge in [0.05, 0.1) is 35.3 Å². The van der Waals surface area contributed by atoms with Crippen LogP contribution in [0.5, 0.6) is 5.75 Å². The number of carboxylic acid groups (broad SMARTS) is 1. The van der Waals surface area contributed by atoms with Crippen LogP contribution < -0.4 is 4.90 Å². The van der Waals surface area contributed by atoms with E-state index in [2.05, 4.69) is 0 Å². The molecule has 10 heteroatoms. The molecule has 3 aromatic carbocycles. The Morgan fingerprint density at radius 3 is 2.28 bits per heavy atom. The maximum absolute atomic E-state index is 15.2. The van der Waals surface area contributed by atoms with Gasteiger partial charge in [-0.3, -0.25) is 28.9 Å². The molecule has 240 valence electrons. The topological polar surface area (TPSA) is 132 Å². The lowest BCUT2D eigenvalue weighted by atomic mass is 9.49. The lowest BCUT2D eigenvalue weighted by molar-refractivity contribution is -0.142. The van der Waals surface area contributed by atoms with Gasteiger partial charge in [0.25, 0.3) is 0 Å². The second-order valence-electron chi connectivity index (χ2n) is 13.1. The number of aryl methyl sites for hydroxylation is 2. The zero-order valence-electron chi connectivity index (χ0n) is 25.9. The summed E-state index contributed by atoms with van der Waals surface area (Å²) in [6, 6.07) is 19.5. The number of hydrogen-bond donors (Lipinski definition) is 2. The lowest BCUT2D eigenvalue weighted by Gasteiger charge is -2.51. The number of amides is 4. The maximum atomic E-state index is 15.2. The molecular weight excluding hydrogens is 620 g/mol. The highest BCUT2D eigenvalue weighted by atomic mass is 35.5. The monoisotopic (exact) mass is 652 g/mol. The first-order valence-electron chi connectivity index (χ1n) is 15.7. The summed E-state index contributed by atoms with van der Waals surface area (Å²) in [6.07, 6.45) is 1.98. The summed E-state index contributed by atoms with van der Waals surface area (Å²) in [5.74, 6) is -6.32. The summed E-state index contributed by atoms with van der Waals surface area (Å²) in [6.45, 7) is 3.34. The average molecular weight is 653 g/mol. The quantitative estimate of drug-likeness (QED) is 0.273. The third-order valence-corrected chi connectivity index (χ3v) is 10.9. The Hall–Kier alpha value is -4.76. The van der Waals surface area contributed by atoms with Crippen LogP contribution in [0.4, 0.5) is 5.69 Å². The standard InChI is InChI=1S/C37H33ClN2O7/c1-19-15-21(16-20(2)32(19)43)31-25-11-12-26-30(35(46)39(33(26)44)14-13-29(41)42)27(25)18-28-34(45)40(24-10-6-9-23(38)17-24)36(47)37(28,31)22-7-4-3-5-8-22/h3-11,15-17,26-28,30-31,43H,12-14,18H2,1-2H3,(H,41,42). The van der Waals surface area contributed by atoms with Crippen LogP contribution in [0.3, 0.4) is 0 Å². The molecule has 0 aromatic heterocycles. The summed E-state index contributed by atoms with van der Waals surface area (Å²) >= 11 is 6.35. The van der Waals surface area contributed by atoms with E-state index in [1.54, 1.807) is 38.1 Å². The number of fused-ring (bicyclic) bond motifs is 4. The Bertz CT molecular complexity index is 1880. The fourth-order valence-electron chi connectivity index (χ4n) is 8.77. The number of phenols is 1. The fourth-order valence-corrected chi connectivity index (χ4v) is 8.95. The summed E-state index contributed by atoms with van der Waals surface area (Å²) in [5.41, 5.74) is 2.30. The van der Waals surface area contributed by atoms with Gasteiger partial charge in [-0.05, 0) is 73.1 Å². The normalized spacial score (nSPS) is 28.2. The van der Waals surface area contributed by atoms with Gasteiger partial charge in [-0.2, -0.15) is 0 Å². The molecule has 6 unspecified atom stereocenters. The molecule has 3 fully saturated rings. The molecule has 2 saturated heterocycles. The Labute approximate surface area is 276 Å². The van der Waals surface area contributed by atoms with Crippen LogP contribution in [-0.4, -0.2) is 51.3 Å². The highest BCUT2D eigenvalue weighted by Crippen LogP contribution is 2.64. The summed E-state index contributed by atoms with van der Waals surface area (Å²) < 4.78 is 0. The van der Waals surface area contributed by atoms with Gasteiger partial charge in [0.15, 0.2) is 0 Å². The van der Waals surface area contributed by atoms with Crippen molar-refractivity contribution in [3.8, 4) is 5.75 Å². The number of hydrogen-bond acceptors (Lipinski definition) is 6. The van der Waals surface area contributed by atoms with Gasteiger partial charge in [0, 0.05) is 17.5 Å². The largest absolute Gasteiger partial charge is 0.507 e. The van der Waals surface area contributed by atoms with Crippen molar-refractivity contribution in [3.05, 3.63) is 106 Å². The predicted molar refractivity (Wildman–Crippen MR) is 173 cm³/mol. The third kappa shape index (κ3) is 4.47. The third-order valence-electron chi connectivity index (χ3n) is 10.7. The number of rotatable bonds is 6. The Balaban J connectivity index is 1.47. The highest BCUT2D eigenvalue weighted by molar-refractivity contribution is 6.32. The van der Waals surface area contributed by atoms with Gasteiger partial charge < -0.3 is 10.2 Å². The predicted octanol–water partition coefficient (Wildman–Crippen LogP) is 5.30. The molecular formula is C37H33ClN2O7. The Morgan fingerprint density at radius 2 is 1.62 bits per heavy atom. The lowest BCUT2D eigenvalue weighted by Crippen LogP contribution is -2.53. The van der Waals surface area contributed by atoms with Crippen molar-refractivity contribution >= 4 is 46.9 Å². The first-order valence-corrected chi connectivity index (χ1v) is 16.1. The first-order chi connectivity index (χ1) is 22.5. The molecule has 7 rings (SSSR count). The number of carbonyl (C=O) groups is 5. The first kappa shape index (κ1) is 30.9. The van der Waals surface area contributed by atoms with Crippen LogP contribution in [0.25, 0.3) is 0 Å². The molecule has 1 saturated carbocycles. The number of anilines is 1. The zero-order chi connectivity index (χ0) is 33.4. The van der Waals surface area contributed by atoms with E-state index < -0.39 is 64.6 Å². The second kappa shape index (κ2) is 11.2. The number of likely N-dealkylation sites (tertiary alicyclic amines) is 1. The highest BCUT2D eigenvalue weighted by Gasteiger charge is 2.70. The molecule has 2 heterocycles. The van der Waals surface area contributed by atoms with E-state index >= 15 is 4.79 Å². The van der Waals surface area contributed by atoms with Crippen molar-refractivity contribution in [1.82, 2.24) is 4.90 Å². The molecule has 2 aliphatic heterocycles. The van der Waals surface area contributed by atoms with E-state index in [-0.39, 0.29) is 31.6 Å². The van der Waals surface area contributed by atoms with Gasteiger partial charge in [0.1, 0.15) is 5.75 Å². The minimum atomic E-state index is -1.42. The number of imide groups is 2. The number of aliphatic carboxylic acids is 1. The van der Waals surface area contributed by atoms with Crippen LogP contribution in [0.15, 0.2) is 78.4 Å². The van der Waals surface area contributed by atoms with Crippen molar-refractivity contribution in [3.63, 3.8) is 0 Å². The fraction of sp³-hybridized carbons (Fsp3) is 0.324. The van der Waals surface area contributed by atoms with Crippen molar-refractivity contribution in [2.24, 2.45) is 23.7 Å². The van der Waals surface area contributed by atoms with Crippen LogP contribution >= 0.6 is 11.6 Å². The average Bonchev–Trinajstić information content (AvgIpc) is 3.43. The number of halogens is 1. The smallest absolute Gasteiger partial charge is 0.305 e. The molecule has 0 spiro atoms. The van der Waals surface area contributed by atoms with Gasteiger partial charge in [-0.15, -0.1) is 0 Å². The molecule has 2 N–H and O–H groups in total. The molecule has 47 heavy (non-hydrogen) atoms. The molecule has 2 aliphatic carbocycles. The minimum absolute atomic E-state index is 0.129. The molecule has 4 aliphatic rings. The molecule has 9 nitrogen and oxygen atoms in total. The number of aromatic hydroxyl groups is 1. The van der Waals surface area contributed by atoms with Crippen molar-refractivity contribution in [1.29, 1.82) is 0 Å². The van der Waals surface area contributed by atoms with Crippen molar-refractivity contribution < 1.29 is 34.2 Å².